The molecule has 0 fully saturated rings. The molecule has 0 spiro atoms. The first-order valence-corrected chi connectivity index (χ1v) is 10.7. The standard InChI is InChI=1S/C19H25N3O4S/c1-2-3-4-5-6-7-10-27(25,26)22-18-9-8-15(11-17(18)19(23)24)16-12-20-14-21-13-16/h8-9,11-14,22H,2-7,10H2,1H3,(H,23,24). The average molecular weight is 391 g/mol. The van der Waals surface area contributed by atoms with Gasteiger partial charge in [0.1, 0.15) is 6.33 Å². The molecule has 0 aliphatic heterocycles. The Balaban J connectivity index is 2.07. The molecule has 2 N–H and O–H groups in total. The lowest BCUT2D eigenvalue weighted by atomic mass is 10.0. The number of aromatic carboxylic acids is 1. The van der Waals surface area contributed by atoms with Gasteiger partial charge in [0.25, 0.3) is 0 Å². The summed E-state index contributed by atoms with van der Waals surface area (Å²) in [6, 6.07) is 4.53. The lowest BCUT2D eigenvalue weighted by Gasteiger charge is -2.12. The van der Waals surface area contributed by atoms with Crippen LogP contribution in [0.1, 0.15) is 55.8 Å². The summed E-state index contributed by atoms with van der Waals surface area (Å²) in [6.07, 6.45) is 10.3. The van der Waals surface area contributed by atoms with Crippen LogP contribution in [0.2, 0.25) is 0 Å². The van der Waals surface area contributed by atoms with Crippen LogP contribution in [0.3, 0.4) is 0 Å². The second kappa shape index (κ2) is 10.0. The highest BCUT2D eigenvalue weighted by molar-refractivity contribution is 7.92. The SMILES string of the molecule is CCCCCCCCS(=O)(=O)Nc1ccc(-c2cncnc2)cc1C(=O)O. The van der Waals surface area contributed by atoms with Gasteiger partial charge >= 0.3 is 5.97 Å². The van der Waals surface area contributed by atoms with Gasteiger partial charge in [-0.3, -0.25) is 4.72 Å². The van der Waals surface area contributed by atoms with Crippen molar-refractivity contribution in [3.8, 4) is 11.1 Å². The van der Waals surface area contributed by atoms with E-state index in [1.165, 1.54) is 18.5 Å². The summed E-state index contributed by atoms with van der Waals surface area (Å²) in [5.74, 6) is -1.22. The number of anilines is 1. The number of nitrogens with one attached hydrogen (secondary N) is 1. The van der Waals surface area contributed by atoms with Gasteiger partial charge in [0.05, 0.1) is 17.0 Å². The Morgan fingerprint density at radius 3 is 2.37 bits per heavy atom. The largest absolute Gasteiger partial charge is 0.478 e. The lowest BCUT2D eigenvalue weighted by molar-refractivity contribution is 0.0698. The molecule has 0 atom stereocenters. The minimum absolute atomic E-state index is 0.0214. The van der Waals surface area contributed by atoms with Crippen LogP contribution in [0.25, 0.3) is 11.1 Å². The minimum atomic E-state index is -3.60. The molecule has 2 aromatic rings. The van der Waals surface area contributed by atoms with E-state index in [-0.39, 0.29) is 17.0 Å². The maximum Gasteiger partial charge on any atom is 0.337 e. The molecule has 27 heavy (non-hydrogen) atoms. The predicted molar refractivity (Wildman–Crippen MR) is 105 cm³/mol. The third-order valence-corrected chi connectivity index (χ3v) is 5.53. The molecule has 0 saturated carbocycles. The summed E-state index contributed by atoms with van der Waals surface area (Å²) < 4.78 is 27.0. The molecule has 0 amide bonds. The highest BCUT2D eigenvalue weighted by atomic mass is 32.2. The molecule has 0 radical (unpaired) electrons. The number of unbranched alkanes of at least 4 members (excludes halogenated alkanes) is 5. The number of hydrogen-bond donors (Lipinski definition) is 2. The van der Waals surface area contributed by atoms with Crippen molar-refractivity contribution in [1.29, 1.82) is 0 Å². The summed E-state index contributed by atoms with van der Waals surface area (Å²) in [4.78, 5) is 19.4. The van der Waals surface area contributed by atoms with E-state index in [0.29, 0.717) is 17.5 Å². The molecule has 0 bridgehead atoms. The van der Waals surface area contributed by atoms with E-state index < -0.39 is 16.0 Å². The van der Waals surface area contributed by atoms with E-state index in [1.807, 2.05) is 0 Å². The minimum Gasteiger partial charge on any atom is -0.478 e. The lowest BCUT2D eigenvalue weighted by Crippen LogP contribution is -2.18. The van der Waals surface area contributed by atoms with Gasteiger partial charge in [0, 0.05) is 18.0 Å². The van der Waals surface area contributed by atoms with Crippen LogP contribution in [0, 0.1) is 0 Å². The first-order valence-electron chi connectivity index (χ1n) is 9.06. The van der Waals surface area contributed by atoms with Crippen LogP contribution in [0.15, 0.2) is 36.9 Å². The molecule has 146 valence electrons. The van der Waals surface area contributed by atoms with Crippen LogP contribution in [0.5, 0.6) is 0 Å². The van der Waals surface area contributed by atoms with Crippen molar-refractivity contribution < 1.29 is 18.3 Å². The van der Waals surface area contributed by atoms with Crippen LogP contribution in [0.4, 0.5) is 5.69 Å². The molecular formula is C19H25N3O4S. The van der Waals surface area contributed by atoms with Crippen molar-refractivity contribution in [1.82, 2.24) is 9.97 Å². The molecule has 1 heterocycles. The molecule has 7 nitrogen and oxygen atoms in total. The third kappa shape index (κ3) is 6.63. The molecule has 2 rings (SSSR count). The molecule has 0 unspecified atom stereocenters. The second-order valence-corrected chi connectivity index (χ2v) is 8.22. The molecule has 1 aromatic carbocycles. The van der Waals surface area contributed by atoms with Gasteiger partial charge in [-0.2, -0.15) is 0 Å². The summed E-state index contributed by atoms with van der Waals surface area (Å²) in [5, 5.41) is 9.46. The van der Waals surface area contributed by atoms with E-state index in [4.69, 9.17) is 0 Å². The average Bonchev–Trinajstić information content (AvgIpc) is 2.65. The predicted octanol–water partition coefficient (Wildman–Crippen LogP) is 3.94. The highest BCUT2D eigenvalue weighted by Crippen LogP contribution is 2.25. The highest BCUT2D eigenvalue weighted by Gasteiger charge is 2.17. The maximum atomic E-state index is 12.3. The molecule has 0 aliphatic carbocycles. The number of aromatic nitrogens is 2. The smallest absolute Gasteiger partial charge is 0.337 e. The molecule has 8 heteroatoms. The zero-order valence-corrected chi connectivity index (χ0v) is 16.2. The number of carbonyl (C=O) groups is 1. The number of nitrogens with zero attached hydrogens (tertiary/aromatic N) is 2. The Kier molecular flexibility index (Phi) is 7.72. The van der Waals surface area contributed by atoms with Crippen LogP contribution in [-0.2, 0) is 10.0 Å². The first-order chi connectivity index (χ1) is 12.9. The Labute approximate surface area is 159 Å². The summed E-state index contributed by atoms with van der Waals surface area (Å²) in [7, 11) is -3.60. The van der Waals surface area contributed by atoms with Gasteiger partial charge < -0.3 is 5.11 Å². The van der Waals surface area contributed by atoms with Gasteiger partial charge in [0.15, 0.2) is 0 Å². The van der Waals surface area contributed by atoms with Crippen LogP contribution >= 0.6 is 0 Å². The van der Waals surface area contributed by atoms with Gasteiger partial charge in [-0.25, -0.2) is 23.2 Å². The second-order valence-electron chi connectivity index (χ2n) is 6.38. The number of carboxylic acids is 1. The van der Waals surface area contributed by atoms with E-state index in [2.05, 4.69) is 21.6 Å². The Morgan fingerprint density at radius 2 is 1.70 bits per heavy atom. The van der Waals surface area contributed by atoms with E-state index in [9.17, 15) is 18.3 Å². The Hall–Kier alpha value is -2.48. The van der Waals surface area contributed by atoms with Crippen LogP contribution in [-0.4, -0.2) is 35.2 Å². The number of sulfonamides is 1. The van der Waals surface area contributed by atoms with Crippen molar-refractivity contribution in [2.75, 3.05) is 10.5 Å². The van der Waals surface area contributed by atoms with E-state index in [0.717, 1.165) is 32.1 Å². The third-order valence-electron chi connectivity index (χ3n) is 4.18. The topological polar surface area (TPSA) is 109 Å². The Morgan fingerprint density at radius 1 is 1.04 bits per heavy atom. The van der Waals surface area contributed by atoms with Crippen molar-refractivity contribution in [2.45, 2.75) is 45.4 Å². The van der Waals surface area contributed by atoms with Crippen molar-refractivity contribution in [3.63, 3.8) is 0 Å². The zero-order valence-electron chi connectivity index (χ0n) is 15.4. The molecule has 0 saturated heterocycles. The fraction of sp³-hybridized carbons (Fsp3) is 0.421. The van der Waals surface area contributed by atoms with E-state index >= 15 is 0 Å². The molecular weight excluding hydrogens is 366 g/mol. The number of rotatable bonds is 11. The summed E-state index contributed by atoms with van der Waals surface area (Å²) in [6.45, 7) is 2.13. The molecule has 1 aromatic heterocycles. The van der Waals surface area contributed by atoms with Gasteiger partial charge in [-0.05, 0) is 24.1 Å². The fourth-order valence-electron chi connectivity index (χ4n) is 2.73. The molecule has 0 aliphatic rings. The number of benzene rings is 1. The van der Waals surface area contributed by atoms with Gasteiger partial charge in [-0.15, -0.1) is 0 Å². The summed E-state index contributed by atoms with van der Waals surface area (Å²) in [5.41, 5.74) is 1.21. The quantitative estimate of drug-likeness (QED) is 0.562. The van der Waals surface area contributed by atoms with Crippen molar-refractivity contribution in [2.24, 2.45) is 0 Å². The van der Waals surface area contributed by atoms with Crippen LogP contribution < -0.4 is 4.72 Å². The van der Waals surface area contributed by atoms with Gasteiger partial charge in [-0.1, -0.05) is 45.1 Å². The van der Waals surface area contributed by atoms with Crippen molar-refractivity contribution >= 4 is 21.7 Å². The van der Waals surface area contributed by atoms with Gasteiger partial charge in [0.2, 0.25) is 10.0 Å². The van der Waals surface area contributed by atoms with Crippen molar-refractivity contribution in [3.05, 3.63) is 42.5 Å². The number of hydrogen-bond acceptors (Lipinski definition) is 5. The first kappa shape index (κ1) is 20.8. The zero-order chi connectivity index (χ0) is 19.7. The monoisotopic (exact) mass is 391 g/mol. The maximum absolute atomic E-state index is 12.3. The normalized spacial score (nSPS) is 11.3. The fourth-order valence-corrected chi connectivity index (χ4v) is 3.93. The number of carboxylic acid groups (broad SMARTS) is 1. The Bertz CT molecular complexity index is 855. The van der Waals surface area contributed by atoms with E-state index in [1.54, 1.807) is 18.5 Å². The summed E-state index contributed by atoms with van der Waals surface area (Å²) >= 11 is 0.